The Bertz CT molecular complexity index is 2220. The molecule has 1 unspecified atom stereocenters. The van der Waals surface area contributed by atoms with Gasteiger partial charge in [0.05, 0.1) is 6.04 Å². The highest BCUT2D eigenvalue weighted by Gasteiger charge is 2.34. The molecule has 0 spiro atoms. The van der Waals surface area contributed by atoms with Crippen molar-refractivity contribution in [3.05, 3.63) is 157 Å². The van der Waals surface area contributed by atoms with Crippen LogP contribution in [0.1, 0.15) is 12.0 Å². The summed E-state index contributed by atoms with van der Waals surface area (Å²) in [5.74, 6) is 1.98. The van der Waals surface area contributed by atoms with E-state index in [0.29, 0.717) is 23.5 Å². The predicted octanol–water partition coefficient (Wildman–Crippen LogP) is 10.0. The van der Waals surface area contributed by atoms with Gasteiger partial charge in [0.25, 0.3) is 0 Å². The molecule has 0 saturated heterocycles. The molecule has 212 valence electrons. The predicted molar refractivity (Wildman–Crippen MR) is 185 cm³/mol. The number of nitrogens with zero attached hydrogens (tertiary/aromatic N) is 4. The van der Waals surface area contributed by atoms with Crippen LogP contribution < -0.4 is 4.90 Å². The van der Waals surface area contributed by atoms with Gasteiger partial charge in [-0.15, -0.1) is 0 Å². The van der Waals surface area contributed by atoms with Crippen molar-refractivity contribution in [2.75, 3.05) is 4.90 Å². The van der Waals surface area contributed by atoms with Crippen LogP contribution in [0.15, 0.2) is 152 Å². The standard InChI is InChI=1S/C41H28N4/c1-3-11-30-25-32(19-17-27(30)9-1)40-42-39(43-41(44-40)33-20-18-28-10-2-4-12-31(28)26-33)29-21-23-34(24-22-29)45-37-15-7-5-13-35(37)36-14-6-8-16-38(36)45/h1-15,17-26,38H,16H2. The zero-order chi connectivity index (χ0) is 29.7. The van der Waals surface area contributed by atoms with Crippen molar-refractivity contribution in [1.82, 2.24) is 15.0 Å². The van der Waals surface area contributed by atoms with Crippen LogP contribution in [0.25, 0.3) is 61.3 Å². The highest BCUT2D eigenvalue weighted by Crippen LogP contribution is 2.47. The molecule has 1 aliphatic carbocycles. The van der Waals surface area contributed by atoms with E-state index < -0.39 is 0 Å². The lowest BCUT2D eigenvalue weighted by molar-refractivity contribution is 0.829. The Balaban J connectivity index is 1.16. The van der Waals surface area contributed by atoms with Crippen LogP contribution in [0.5, 0.6) is 0 Å². The van der Waals surface area contributed by atoms with E-state index in [2.05, 4.69) is 157 Å². The second-order valence-corrected chi connectivity index (χ2v) is 11.7. The van der Waals surface area contributed by atoms with E-state index in [1.165, 1.54) is 27.6 Å². The molecular weight excluding hydrogens is 548 g/mol. The number of aromatic nitrogens is 3. The summed E-state index contributed by atoms with van der Waals surface area (Å²) in [6.45, 7) is 0. The molecule has 1 aromatic heterocycles. The molecule has 2 heterocycles. The molecule has 45 heavy (non-hydrogen) atoms. The lowest BCUT2D eigenvalue weighted by Gasteiger charge is -2.28. The molecule has 1 aliphatic heterocycles. The van der Waals surface area contributed by atoms with Crippen molar-refractivity contribution in [1.29, 1.82) is 0 Å². The Hall–Kier alpha value is -5.87. The van der Waals surface area contributed by atoms with Crippen molar-refractivity contribution in [3.63, 3.8) is 0 Å². The van der Waals surface area contributed by atoms with Gasteiger partial charge in [-0.05, 0) is 76.0 Å². The van der Waals surface area contributed by atoms with Crippen LogP contribution in [0, 0.1) is 0 Å². The molecule has 0 saturated carbocycles. The lowest BCUT2D eigenvalue weighted by Crippen LogP contribution is -2.27. The summed E-state index contributed by atoms with van der Waals surface area (Å²) in [7, 11) is 0. The molecule has 9 rings (SSSR count). The summed E-state index contributed by atoms with van der Waals surface area (Å²) in [4.78, 5) is 17.6. The van der Waals surface area contributed by atoms with E-state index in [4.69, 9.17) is 15.0 Å². The fourth-order valence-corrected chi connectivity index (χ4v) is 6.74. The van der Waals surface area contributed by atoms with Crippen LogP contribution in [0.4, 0.5) is 11.4 Å². The number of benzene rings is 6. The summed E-state index contributed by atoms with van der Waals surface area (Å²) in [5.41, 5.74) is 8.00. The summed E-state index contributed by atoms with van der Waals surface area (Å²) < 4.78 is 0. The summed E-state index contributed by atoms with van der Waals surface area (Å²) in [5, 5.41) is 4.70. The number of anilines is 2. The number of para-hydroxylation sites is 1. The molecule has 7 aromatic rings. The van der Waals surface area contributed by atoms with Crippen LogP contribution in [-0.2, 0) is 0 Å². The largest absolute Gasteiger partial charge is 0.333 e. The first-order valence-electron chi connectivity index (χ1n) is 15.4. The van der Waals surface area contributed by atoms with Gasteiger partial charge in [-0.1, -0.05) is 109 Å². The molecule has 0 bridgehead atoms. The van der Waals surface area contributed by atoms with E-state index >= 15 is 0 Å². The molecule has 0 N–H and O–H groups in total. The number of fused-ring (bicyclic) bond motifs is 5. The summed E-state index contributed by atoms with van der Waals surface area (Å²) in [6, 6.07) is 47.2. The van der Waals surface area contributed by atoms with E-state index in [9.17, 15) is 0 Å². The third-order valence-electron chi connectivity index (χ3n) is 8.97. The van der Waals surface area contributed by atoms with E-state index in [0.717, 1.165) is 39.6 Å². The van der Waals surface area contributed by atoms with Crippen LogP contribution >= 0.6 is 0 Å². The smallest absolute Gasteiger partial charge is 0.164 e. The SMILES string of the molecule is C1=CCC2C(=C1)c1ccccc1N2c1ccc(-c2nc(-c3ccc4ccccc4c3)nc(-c3ccc4ccccc4c3)n2)cc1. The minimum absolute atomic E-state index is 0.300. The quantitative estimate of drug-likeness (QED) is 0.209. The minimum atomic E-state index is 0.300. The molecule has 0 radical (unpaired) electrons. The van der Waals surface area contributed by atoms with Gasteiger partial charge in [0, 0.05) is 33.6 Å². The van der Waals surface area contributed by atoms with Crippen LogP contribution in [0.3, 0.4) is 0 Å². The van der Waals surface area contributed by atoms with Crippen molar-refractivity contribution in [2.45, 2.75) is 12.5 Å². The van der Waals surface area contributed by atoms with E-state index in [-0.39, 0.29) is 0 Å². The number of hydrogen-bond acceptors (Lipinski definition) is 4. The average molecular weight is 577 g/mol. The Morgan fingerprint density at radius 3 is 1.69 bits per heavy atom. The Labute approximate surface area is 261 Å². The third-order valence-corrected chi connectivity index (χ3v) is 8.97. The fourth-order valence-electron chi connectivity index (χ4n) is 6.74. The van der Waals surface area contributed by atoms with Gasteiger partial charge < -0.3 is 4.90 Å². The molecule has 6 aromatic carbocycles. The van der Waals surface area contributed by atoms with E-state index in [1.807, 2.05) is 0 Å². The highest BCUT2D eigenvalue weighted by molar-refractivity contribution is 5.93. The Kier molecular flexibility index (Phi) is 5.91. The second kappa shape index (κ2) is 10.4. The normalized spacial score (nSPS) is 15.2. The first-order chi connectivity index (χ1) is 22.3. The minimum Gasteiger partial charge on any atom is -0.333 e. The highest BCUT2D eigenvalue weighted by atomic mass is 15.2. The van der Waals surface area contributed by atoms with Gasteiger partial charge >= 0.3 is 0 Å². The van der Waals surface area contributed by atoms with Gasteiger partial charge in [0.2, 0.25) is 0 Å². The average Bonchev–Trinajstić information content (AvgIpc) is 3.45. The van der Waals surface area contributed by atoms with Gasteiger partial charge in [0.15, 0.2) is 17.5 Å². The van der Waals surface area contributed by atoms with Crippen molar-refractivity contribution in [3.8, 4) is 34.2 Å². The first-order valence-corrected chi connectivity index (χ1v) is 15.4. The Morgan fingerprint density at radius 2 is 1.04 bits per heavy atom. The zero-order valence-electron chi connectivity index (χ0n) is 24.5. The molecule has 0 fully saturated rings. The molecule has 4 heteroatoms. The monoisotopic (exact) mass is 576 g/mol. The second-order valence-electron chi connectivity index (χ2n) is 11.7. The topological polar surface area (TPSA) is 41.9 Å². The van der Waals surface area contributed by atoms with Crippen molar-refractivity contribution >= 4 is 38.5 Å². The number of allylic oxidation sites excluding steroid dienone is 2. The van der Waals surface area contributed by atoms with Gasteiger partial charge in [-0.3, -0.25) is 0 Å². The maximum Gasteiger partial charge on any atom is 0.164 e. The summed E-state index contributed by atoms with van der Waals surface area (Å²) >= 11 is 0. The van der Waals surface area contributed by atoms with Crippen molar-refractivity contribution < 1.29 is 0 Å². The maximum atomic E-state index is 5.04. The van der Waals surface area contributed by atoms with Crippen LogP contribution in [-0.4, -0.2) is 21.0 Å². The fraction of sp³-hybridized carbons (Fsp3) is 0.0488. The van der Waals surface area contributed by atoms with Gasteiger partial charge in [-0.2, -0.15) is 0 Å². The first kappa shape index (κ1) is 25.6. The maximum absolute atomic E-state index is 5.04. The number of hydrogen-bond donors (Lipinski definition) is 0. The molecular formula is C41H28N4. The lowest BCUT2D eigenvalue weighted by atomic mass is 9.96. The van der Waals surface area contributed by atoms with Crippen LogP contribution in [0.2, 0.25) is 0 Å². The van der Waals surface area contributed by atoms with Gasteiger partial charge in [-0.25, -0.2) is 15.0 Å². The molecule has 1 atom stereocenters. The Morgan fingerprint density at radius 1 is 0.511 bits per heavy atom. The third kappa shape index (κ3) is 4.42. The zero-order valence-corrected chi connectivity index (χ0v) is 24.5. The van der Waals surface area contributed by atoms with E-state index in [1.54, 1.807) is 0 Å². The molecule has 0 amide bonds. The number of rotatable bonds is 4. The van der Waals surface area contributed by atoms with Gasteiger partial charge in [0.1, 0.15) is 0 Å². The van der Waals surface area contributed by atoms with Crippen molar-refractivity contribution in [2.24, 2.45) is 0 Å². The molecule has 2 aliphatic rings. The molecule has 4 nitrogen and oxygen atoms in total. The summed E-state index contributed by atoms with van der Waals surface area (Å²) in [6.07, 6.45) is 7.68.